The van der Waals surface area contributed by atoms with Crippen LogP contribution >= 0.6 is 0 Å². The zero-order valence-corrected chi connectivity index (χ0v) is 25.8. The fraction of sp³-hybridized carbons (Fsp3) is 0.457. The summed E-state index contributed by atoms with van der Waals surface area (Å²) >= 11 is 0. The molecule has 3 atom stereocenters. The van der Waals surface area contributed by atoms with E-state index < -0.39 is 17.6 Å². The summed E-state index contributed by atoms with van der Waals surface area (Å²) in [6, 6.07) is 15.2. The largest absolute Gasteiger partial charge is 0.416 e. The van der Waals surface area contributed by atoms with Crippen molar-refractivity contribution in [1.29, 1.82) is 0 Å². The van der Waals surface area contributed by atoms with Gasteiger partial charge < -0.3 is 15.1 Å². The Labute approximate surface area is 262 Å². The first-order valence-electron chi connectivity index (χ1n) is 15.8. The van der Waals surface area contributed by atoms with E-state index in [2.05, 4.69) is 15.2 Å². The SMILES string of the molecule is Cc1ccccc1-c1ncccc1C(=O)N1C[C@H]2CCC[C@@H](NC(=O)c3ccc(CN4CCN(C)CC4)c(C(F)(F)F)c3)[C@H]2C1. The quantitative estimate of drug-likeness (QED) is 0.395. The van der Waals surface area contributed by atoms with Crippen LogP contribution in [0.1, 0.15) is 56.7 Å². The van der Waals surface area contributed by atoms with Gasteiger partial charge in [0.2, 0.25) is 0 Å². The highest BCUT2D eigenvalue weighted by atomic mass is 19.4. The lowest BCUT2D eigenvalue weighted by molar-refractivity contribution is -0.138. The molecule has 6 rings (SSSR count). The summed E-state index contributed by atoms with van der Waals surface area (Å²) in [6.07, 6.45) is -0.324. The molecule has 1 saturated carbocycles. The van der Waals surface area contributed by atoms with Gasteiger partial charge in [-0.2, -0.15) is 13.2 Å². The minimum atomic E-state index is -4.57. The summed E-state index contributed by atoms with van der Waals surface area (Å²) in [5, 5.41) is 3.06. The van der Waals surface area contributed by atoms with Crippen molar-refractivity contribution in [3.63, 3.8) is 0 Å². The van der Waals surface area contributed by atoms with Crippen LogP contribution in [0, 0.1) is 18.8 Å². The molecular formula is C35H40F3N5O2. The van der Waals surface area contributed by atoms with E-state index in [1.165, 1.54) is 12.1 Å². The molecule has 1 N–H and O–H groups in total. The van der Waals surface area contributed by atoms with Gasteiger partial charge in [-0.25, -0.2) is 0 Å². The number of benzene rings is 2. The summed E-state index contributed by atoms with van der Waals surface area (Å²) in [5.41, 5.74) is 2.58. The van der Waals surface area contributed by atoms with Gasteiger partial charge in [-0.1, -0.05) is 36.8 Å². The summed E-state index contributed by atoms with van der Waals surface area (Å²) in [7, 11) is 2.00. The van der Waals surface area contributed by atoms with E-state index in [9.17, 15) is 22.8 Å². The zero-order valence-electron chi connectivity index (χ0n) is 25.8. The number of fused-ring (bicyclic) bond motifs is 1. The maximum absolute atomic E-state index is 14.2. The Balaban J connectivity index is 1.16. The minimum absolute atomic E-state index is 0.00994. The predicted molar refractivity (Wildman–Crippen MR) is 167 cm³/mol. The molecule has 3 aromatic rings. The van der Waals surface area contributed by atoms with Crippen LogP contribution in [0.3, 0.4) is 0 Å². The summed E-state index contributed by atoms with van der Waals surface area (Å²) in [6.45, 7) is 6.28. The van der Waals surface area contributed by atoms with Crippen molar-refractivity contribution in [1.82, 2.24) is 25.0 Å². The number of hydrogen-bond donors (Lipinski definition) is 1. The molecule has 45 heavy (non-hydrogen) atoms. The van der Waals surface area contributed by atoms with Gasteiger partial charge in [0.1, 0.15) is 0 Å². The van der Waals surface area contributed by atoms with E-state index in [0.29, 0.717) is 37.4 Å². The molecule has 0 spiro atoms. The van der Waals surface area contributed by atoms with Gasteiger partial charge in [-0.3, -0.25) is 19.5 Å². The lowest BCUT2D eigenvalue weighted by atomic mass is 9.78. The van der Waals surface area contributed by atoms with Gasteiger partial charge in [0.15, 0.2) is 0 Å². The number of halogens is 3. The fourth-order valence-electron chi connectivity index (χ4n) is 7.24. The number of likely N-dealkylation sites (tertiary alicyclic amines) is 1. The number of pyridine rings is 1. The van der Waals surface area contributed by atoms with Crippen molar-refractivity contribution in [2.45, 2.75) is 44.9 Å². The second-order valence-electron chi connectivity index (χ2n) is 12.8. The summed E-state index contributed by atoms with van der Waals surface area (Å²) < 4.78 is 42.5. The van der Waals surface area contributed by atoms with Gasteiger partial charge >= 0.3 is 6.18 Å². The van der Waals surface area contributed by atoms with Gasteiger partial charge in [-0.05, 0) is 68.1 Å². The van der Waals surface area contributed by atoms with E-state index >= 15 is 0 Å². The third-order valence-electron chi connectivity index (χ3n) is 9.81. The first-order chi connectivity index (χ1) is 21.6. The first kappa shape index (κ1) is 31.2. The highest BCUT2D eigenvalue weighted by Gasteiger charge is 2.43. The molecule has 0 bridgehead atoms. The lowest BCUT2D eigenvalue weighted by Gasteiger charge is -2.33. The van der Waals surface area contributed by atoms with Crippen molar-refractivity contribution < 1.29 is 22.8 Å². The van der Waals surface area contributed by atoms with Crippen LogP contribution in [-0.2, 0) is 12.7 Å². The topological polar surface area (TPSA) is 68.8 Å². The second kappa shape index (κ2) is 12.9. The molecule has 1 aromatic heterocycles. The van der Waals surface area contributed by atoms with Crippen molar-refractivity contribution in [3.8, 4) is 11.3 Å². The average Bonchev–Trinajstić information content (AvgIpc) is 3.47. The number of amides is 2. The predicted octanol–water partition coefficient (Wildman–Crippen LogP) is 5.49. The Morgan fingerprint density at radius 3 is 2.51 bits per heavy atom. The van der Waals surface area contributed by atoms with E-state index in [1.807, 2.05) is 54.1 Å². The molecule has 3 heterocycles. The molecule has 2 saturated heterocycles. The third-order valence-corrected chi connectivity index (χ3v) is 9.81. The number of carbonyl (C=O) groups excluding carboxylic acids is 2. The molecule has 2 aliphatic heterocycles. The van der Waals surface area contributed by atoms with E-state index in [4.69, 9.17) is 0 Å². The van der Waals surface area contributed by atoms with Gasteiger partial charge in [0.25, 0.3) is 11.8 Å². The Hall–Kier alpha value is -3.76. The van der Waals surface area contributed by atoms with Crippen molar-refractivity contribution in [2.24, 2.45) is 11.8 Å². The number of hydrogen-bond acceptors (Lipinski definition) is 5. The van der Waals surface area contributed by atoms with Crippen LogP contribution in [0.25, 0.3) is 11.3 Å². The molecule has 0 radical (unpaired) electrons. The number of nitrogens with one attached hydrogen (secondary N) is 1. The highest BCUT2D eigenvalue weighted by molar-refractivity contribution is 6.00. The standard InChI is InChI=1S/C35H40F3N5O2/c1-23-7-3-4-9-27(23)32-28(10-6-14-39-32)34(45)43-21-25-8-5-11-31(29(25)22-43)40-33(44)24-12-13-26(30(19-24)35(36,37)38)20-42-17-15-41(2)16-18-42/h3-4,6-7,9-10,12-14,19,25,29,31H,5,8,11,15-18,20-22H2,1-2H3,(H,40,44)/t25-,29+,31-/m1/s1. The molecule has 2 amide bonds. The molecule has 7 nitrogen and oxygen atoms in total. The molecule has 3 fully saturated rings. The molecule has 238 valence electrons. The monoisotopic (exact) mass is 619 g/mol. The van der Waals surface area contributed by atoms with E-state index in [0.717, 1.165) is 49.5 Å². The van der Waals surface area contributed by atoms with Gasteiger partial charge in [0, 0.05) is 75.1 Å². The highest BCUT2D eigenvalue weighted by Crippen LogP contribution is 2.38. The van der Waals surface area contributed by atoms with Gasteiger partial charge in [0.05, 0.1) is 16.8 Å². The number of nitrogens with zero attached hydrogens (tertiary/aromatic N) is 4. The normalized spacial score (nSPS) is 22.7. The number of likely N-dealkylation sites (N-methyl/N-ethyl adjacent to an activating group) is 1. The Morgan fingerprint density at radius 1 is 0.978 bits per heavy atom. The van der Waals surface area contributed by atoms with Crippen LogP contribution in [-0.4, -0.2) is 83.9 Å². The zero-order chi connectivity index (χ0) is 31.7. The summed E-state index contributed by atoms with van der Waals surface area (Å²) in [5.74, 6) is -0.352. The molecule has 3 aliphatic rings. The average molecular weight is 620 g/mol. The van der Waals surface area contributed by atoms with Gasteiger partial charge in [-0.15, -0.1) is 0 Å². The molecular weight excluding hydrogens is 579 g/mol. The number of alkyl halides is 3. The number of rotatable bonds is 6. The Bertz CT molecular complexity index is 1550. The van der Waals surface area contributed by atoms with Crippen molar-refractivity contribution >= 4 is 11.8 Å². The van der Waals surface area contributed by atoms with Crippen molar-refractivity contribution in [2.75, 3.05) is 46.3 Å². The molecule has 10 heteroatoms. The minimum Gasteiger partial charge on any atom is -0.349 e. The van der Waals surface area contributed by atoms with Crippen LogP contribution in [0.15, 0.2) is 60.8 Å². The summed E-state index contributed by atoms with van der Waals surface area (Å²) in [4.78, 5) is 37.9. The van der Waals surface area contributed by atoms with Crippen LogP contribution < -0.4 is 5.32 Å². The second-order valence-corrected chi connectivity index (χ2v) is 12.8. The Morgan fingerprint density at radius 2 is 1.76 bits per heavy atom. The third kappa shape index (κ3) is 6.77. The van der Waals surface area contributed by atoms with Crippen LogP contribution in [0.2, 0.25) is 0 Å². The van der Waals surface area contributed by atoms with Crippen LogP contribution in [0.4, 0.5) is 13.2 Å². The maximum Gasteiger partial charge on any atom is 0.416 e. The first-order valence-corrected chi connectivity index (χ1v) is 15.8. The Kier molecular flexibility index (Phi) is 8.97. The number of aryl methyl sites for hydroxylation is 1. The maximum atomic E-state index is 14.2. The van der Waals surface area contributed by atoms with Crippen LogP contribution in [0.5, 0.6) is 0 Å². The molecule has 2 aromatic carbocycles. The smallest absolute Gasteiger partial charge is 0.349 e. The molecule has 0 unspecified atom stereocenters. The number of piperazine rings is 1. The molecule has 1 aliphatic carbocycles. The van der Waals surface area contributed by atoms with E-state index in [-0.39, 0.29) is 41.5 Å². The number of carbonyl (C=O) groups is 2. The number of aromatic nitrogens is 1. The lowest BCUT2D eigenvalue weighted by Crippen LogP contribution is -2.45. The van der Waals surface area contributed by atoms with Crippen molar-refractivity contribution in [3.05, 3.63) is 88.6 Å². The fourth-order valence-corrected chi connectivity index (χ4v) is 7.24. The van der Waals surface area contributed by atoms with E-state index in [1.54, 1.807) is 12.3 Å².